The number of furan rings is 5. The Morgan fingerprint density at radius 3 is 0.900 bits per heavy atom. The van der Waals surface area contributed by atoms with Gasteiger partial charge in [-0.15, -0.1) is 0 Å². The lowest BCUT2D eigenvalue weighted by molar-refractivity contribution is 0.335. The van der Waals surface area contributed by atoms with Crippen LogP contribution in [0, 0.1) is 104 Å². The summed E-state index contributed by atoms with van der Waals surface area (Å²) in [5.41, 5.74) is 36.8. The largest absolute Gasteiger partial charge is 0.463 e. The fraction of sp³-hybridized carbons (Fsp3) is 0.304. The zero-order valence-electron chi connectivity index (χ0n) is 81.5. The van der Waals surface area contributed by atoms with Crippen molar-refractivity contribution in [3.05, 3.63) is 325 Å². The summed E-state index contributed by atoms with van der Waals surface area (Å²) in [6, 6.07) is 65.6. The van der Waals surface area contributed by atoms with Gasteiger partial charge in [-0.05, 0) is 275 Å². The lowest BCUT2D eigenvalue weighted by atomic mass is 9.84. The Balaban J connectivity index is 0.000000119. The van der Waals surface area contributed by atoms with Crippen LogP contribution in [0.15, 0.2) is 235 Å². The zero-order valence-corrected chi connectivity index (χ0v) is 81.5. The molecule has 5 aliphatic heterocycles. The maximum absolute atomic E-state index is 6.12. The lowest BCUT2D eigenvalue weighted by Crippen LogP contribution is -2.19. The van der Waals surface area contributed by atoms with Gasteiger partial charge in [0.15, 0.2) is 46.0 Å². The van der Waals surface area contributed by atoms with E-state index < -0.39 is 0 Å². The monoisotopic (exact) mass is 1740 g/mol. The van der Waals surface area contributed by atoms with Crippen LogP contribution in [0.1, 0.15) is 216 Å². The molecule has 0 aliphatic carbocycles. The SMILES string of the molecule is Cc1cc(C(C)(C)C)cc(C)c1N1c2ccccc2Oc2c1coc2C.Cc1cc(C(C)(C)C)cc(C)c1N1c2ccccc2Oc2coc(C)c21.Cc1cc(C(C)(C)C)cc(C)c1N1c2ccccc2Oc2occ(C)c21.Cc1cc2c(o1)Oc1ccccc1N2c1c(C)cc(C(C)(C)C)cc1C.Cc1coc2c1Oc1ccccc1N2c1c(C)cc(C(C)(C)C)cc1C. The number of hydrogen-bond donors (Lipinski definition) is 0. The van der Waals surface area contributed by atoms with Crippen molar-refractivity contribution in [2.24, 2.45) is 0 Å². The predicted molar refractivity (Wildman–Crippen MR) is 532 cm³/mol. The van der Waals surface area contributed by atoms with Gasteiger partial charge in [0.2, 0.25) is 5.88 Å². The highest BCUT2D eigenvalue weighted by Crippen LogP contribution is 2.61. The smallest absolute Gasteiger partial charge is 0.315 e. The third kappa shape index (κ3) is 16.9. The van der Waals surface area contributed by atoms with E-state index in [0.29, 0.717) is 11.9 Å². The van der Waals surface area contributed by atoms with Crippen molar-refractivity contribution in [2.75, 3.05) is 24.5 Å². The first-order chi connectivity index (χ1) is 61.3. The fourth-order valence-corrected chi connectivity index (χ4v) is 18.3. The van der Waals surface area contributed by atoms with E-state index in [0.717, 1.165) is 137 Å². The summed E-state index contributed by atoms with van der Waals surface area (Å²) in [5.74, 6) is 10.9. The Kier molecular flexibility index (Phi) is 23.5. The number of benzene rings is 10. The van der Waals surface area contributed by atoms with E-state index in [-0.39, 0.29) is 27.1 Å². The molecule has 10 aromatic carbocycles. The minimum Gasteiger partial charge on any atom is -0.463 e. The van der Waals surface area contributed by atoms with Crippen molar-refractivity contribution in [3.8, 4) is 57.9 Å². The molecule has 0 unspecified atom stereocenters. The number of fused-ring (bicyclic) bond motifs is 10. The first kappa shape index (κ1) is 90.0. The molecular weight excluding hydrogens is 1610 g/mol. The second-order valence-electron chi connectivity index (χ2n) is 40.7. The molecule has 0 spiro atoms. The van der Waals surface area contributed by atoms with Crippen molar-refractivity contribution in [1.29, 1.82) is 0 Å². The molecule has 15 heteroatoms. The second kappa shape index (κ2) is 33.9. The summed E-state index contributed by atoms with van der Waals surface area (Å²) in [5, 5.41) is 0. The standard InChI is InChI=1S/5C23H25NO2/c1-14-11-17(23(4,5)6)12-15(2)21(14)24-18-9-7-8-10-20(18)26-22-16(3)25-13-19(22)24;1-14-11-17(23(4,5)6)12-15(2)21(14)24-18-9-7-8-10-19(18)26-20-13-25-16(3)22(20)24;1-14-11-17(23(4,5)6)12-15(2)21(14)24-18-9-7-8-10-20(18)26-22-19(24)13-16(3)25-22;1-14-11-17(23(4,5)6)12-15(2)20(14)24-18-9-7-8-10-19(18)26-21-16(3)13-25-22(21)24;1-14-11-17(23(4,5)6)12-15(2)20(14)24-18-9-7-8-10-19(18)26-22-21(24)16(3)13-25-22/h5*7-13H,1-6H3. The van der Waals surface area contributed by atoms with Gasteiger partial charge in [0, 0.05) is 17.2 Å². The van der Waals surface area contributed by atoms with Crippen LogP contribution in [0.25, 0.3) is 0 Å². The molecule has 0 saturated carbocycles. The summed E-state index contributed by atoms with van der Waals surface area (Å²) >= 11 is 0. The second-order valence-corrected chi connectivity index (χ2v) is 40.7. The molecule has 0 radical (unpaired) electrons. The molecule has 5 aromatic heterocycles. The van der Waals surface area contributed by atoms with E-state index in [4.69, 9.17) is 45.8 Å². The molecule has 0 atom stereocenters. The van der Waals surface area contributed by atoms with Gasteiger partial charge < -0.3 is 60.5 Å². The van der Waals surface area contributed by atoms with Gasteiger partial charge in [0.1, 0.15) is 58.8 Å². The number of anilines is 15. The third-order valence-corrected chi connectivity index (χ3v) is 25.0. The molecule has 0 saturated heterocycles. The van der Waals surface area contributed by atoms with Gasteiger partial charge in [-0.2, -0.15) is 0 Å². The van der Waals surface area contributed by atoms with Crippen molar-refractivity contribution in [3.63, 3.8) is 0 Å². The molecule has 0 fully saturated rings. The topological polar surface area (TPSA) is 128 Å². The quantitative estimate of drug-likeness (QED) is 0.162. The first-order valence-corrected chi connectivity index (χ1v) is 45.2. The van der Waals surface area contributed by atoms with Crippen LogP contribution in [0.2, 0.25) is 0 Å². The molecule has 5 aliphatic rings. The van der Waals surface area contributed by atoms with Crippen LogP contribution < -0.4 is 48.2 Å². The maximum atomic E-state index is 6.12. The molecule has 15 aromatic rings. The highest BCUT2D eigenvalue weighted by atomic mass is 16.6. The zero-order chi connectivity index (χ0) is 93.2. The molecule has 20 rings (SSSR count). The van der Waals surface area contributed by atoms with Gasteiger partial charge in [0.05, 0.1) is 63.1 Å². The van der Waals surface area contributed by atoms with Crippen LogP contribution in [-0.4, -0.2) is 0 Å². The Hall–Kier alpha value is -13.4. The van der Waals surface area contributed by atoms with E-state index in [1.165, 1.54) is 106 Å². The number of nitrogens with zero attached hydrogens (tertiary/aromatic N) is 5. The van der Waals surface area contributed by atoms with Gasteiger partial charge >= 0.3 is 11.9 Å². The van der Waals surface area contributed by atoms with Crippen LogP contribution in [0.4, 0.5) is 85.5 Å². The Morgan fingerprint density at radius 2 is 0.508 bits per heavy atom. The number of para-hydroxylation sites is 10. The van der Waals surface area contributed by atoms with Crippen LogP contribution in [0.5, 0.6) is 57.9 Å². The van der Waals surface area contributed by atoms with E-state index in [1.54, 1.807) is 25.1 Å². The maximum Gasteiger partial charge on any atom is 0.315 e. The number of rotatable bonds is 5. The molecule has 15 nitrogen and oxygen atoms in total. The van der Waals surface area contributed by atoms with Gasteiger partial charge in [0.25, 0.3) is 0 Å². The van der Waals surface area contributed by atoms with E-state index in [2.05, 4.69) is 296 Å². The lowest BCUT2D eigenvalue weighted by Gasteiger charge is -2.34. The van der Waals surface area contributed by atoms with Crippen LogP contribution >= 0.6 is 0 Å². The molecule has 670 valence electrons. The normalized spacial score (nSPS) is 13.2. The summed E-state index contributed by atoms with van der Waals surface area (Å²) in [4.78, 5) is 11.3. The van der Waals surface area contributed by atoms with Crippen LogP contribution in [-0.2, 0) is 27.1 Å². The van der Waals surface area contributed by atoms with Gasteiger partial charge in [-0.3, -0.25) is 9.80 Å². The molecule has 10 heterocycles. The average Bonchev–Trinajstić information content (AvgIpc) is 1.37. The summed E-state index contributed by atoms with van der Waals surface area (Å²) < 4.78 is 59.1. The Bertz CT molecular complexity index is 6280. The molecule has 0 amide bonds. The van der Waals surface area contributed by atoms with Crippen molar-refractivity contribution >= 4 is 85.5 Å². The Morgan fingerprint density at radius 1 is 0.208 bits per heavy atom. The summed E-state index contributed by atoms with van der Waals surface area (Å²) in [6.45, 7) is 65.5. The van der Waals surface area contributed by atoms with E-state index >= 15 is 0 Å². The molecule has 0 N–H and O–H groups in total. The van der Waals surface area contributed by atoms with Gasteiger partial charge in [-0.1, -0.05) is 225 Å². The minimum absolute atomic E-state index is 0.114. The van der Waals surface area contributed by atoms with E-state index in [9.17, 15) is 0 Å². The van der Waals surface area contributed by atoms with Crippen molar-refractivity contribution in [2.45, 2.75) is 235 Å². The van der Waals surface area contributed by atoms with Crippen molar-refractivity contribution in [1.82, 2.24) is 0 Å². The highest BCUT2D eigenvalue weighted by molar-refractivity contribution is 5.94. The summed E-state index contributed by atoms with van der Waals surface area (Å²) in [7, 11) is 0. The number of aryl methyl sites for hydroxylation is 15. The van der Waals surface area contributed by atoms with Gasteiger partial charge in [-0.25, -0.2) is 0 Å². The number of hydrogen-bond acceptors (Lipinski definition) is 15. The Labute approximate surface area is 768 Å². The highest BCUT2D eigenvalue weighted by Gasteiger charge is 2.39. The third-order valence-electron chi connectivity index (χ3n) is 25.0. The minimum atomic E-state index is 0.114. The molecule has 130 heavy (non-hydrogen) atoms. The molecule has 0 bridgehead atoms. The van der Waals surface area contributed by atoms with E-state index in [1.807, 2.05) is 125 Å². The summed E-state index contributed by atoms with van der Waals surface area (Å²) in [6.07, 6.45) is 7.01. The average molecular weight is 1740 g/mol. The van der Waals surface area contributed by atoms with Crippen molar-refractivity contribution < 1.29 is 45.8 Å². The molecular formula is C115H125N5O10. The number of ether oxygens (including phenoxy) is 5. The first-order valence-electron chi connectivity index (χ1n) is 45.2. The van der Waals surface area contributed by atoms with Crippen LogP contribution in [0.3, 0.4) is 0 Å². The fourth-order valence-electron chi connectivity index (χ4n) is 18.3. The predicted octanol–water partition coefficient (Wildman–Crippen LogP) is 35.4.